The molecule has 0 spiro atoms. The molecule has 0 aliphatic carbocycles. The summed E-state index contributed by atoms with van der Waals surface area (Å²) in [7, 11) is 1.63. The van der Waals surface area contributed by atoms with Crippen LogP contribution in [0.3, 0.4) is 0 Å². The Balaban J connectivity index is 2.60. The minimum Gasteiger partial charge on any atom is -0.309 e. The van der Waals surface area contributed by atoms with E-state index in [0.717, 1.165) is 25.9 Å². The van der Waals surface area contributed by atoms with Crippen molar-refractivity contribution in [1.29, 1.82) is 0 Å². The summed E-state index contributed by atoms with van der Waals surface area (Å²) in [5, 5.41) is 2.95. The molecule has 1 heterocycles. The highest BCUT2D eigenvalue weighted by molar-refractivity contribution is 14.1. The molecule has 0 radical (unpaired) electrons. The highest BCUT2D eigenvalue weighted by atomic mass is 127. The molecule has 0 aliphatic heterocycles. The van der Waals surface area contributed by atoms with Crippen molar-refractivity contribution in [2.45, 2.75) is 12.2 Å². The van der Waals surface area contributed by atoms with Crippen LogP contribution in [0.5, 0.6) is 0 Å². The van der Waals surface area contributed by atoms with E-state index in [0.29, 0.717) is 0 Å². The van der Waals surface area contributed by atoms with E-state index in [1.807, 2.05) is 18.2 Å². The Morgan fingerprint density at radius 1 is 1.24 bits per heavy atom. The molecule has 1 N–H and O–H groups in total. The standard InChI is InChI=1S/C14H11BrF3IN2/c1-20-13(9-6-8(15)2-3-12(9)19)10-7-21-5-4-11(10)14(16,17)18/h2-7,13,20H,1H3. The number of alkyl halides is 3. The van der Waals surface area contributed by atoms with Crippen molar-refractivity contribution in [3.05, 3.63) is 61.4 Å². The van der Waals surface area contributed by atoms with Crippen LogP contribution >= 0.6 is 38.5 Å². The first-order valence-corrected chi connectivity index (χ1v) is 7.85. The van der Waals surface area contributed by atoms with Crippen LogP contribution in [0.2, 0.25) is 0 Å². The number of benzene rings is 1. The highest BCUT2D eigenvalue weighted by Crippen LogP contribution is 2.37. The van der Waals surface area contributed by atoms with E-state index in [-0.39, 0.29) is 5.56 Å². The van der Waals surface area contributed by atoms with Crippen LogP contribution in [0.15, 0.2) is 41.1 Å². The SMILES string of the molecule is CNC(c1cc(Br)ccc1I)c1cnccc1C(F)(F)F. The molecule has 2 rings (SSSR count). The monoisotopic (exact) mass is 470 g/mol. The number of nitrogens with zero attached hydrogens (tertiary/aromatic N) is 1. The van der Waals surface area contributed by atoms with E-state index in [2.05, 4.69) is 48.8 Å². The molecule has 0 bridgehead atoms. The molecule has 7 heteroatoms. The third-order valence-electron chi connectivity index (χ3n) is 3.03. The number of pyridine rings is 1. The first-order valence-electron chi connectivity index (χ1n) is 5.98. The molecule has 1 aromatic carbocycles. The van der Waals surface area contributed by atoms with Gasteiger partial charge in [0.25, 0.3) is 0 Å². The predicted octanol–water partition coefficient (Wildman–Crippen LogP) is 4.78. The van der Waals surface area contributed by atoms with Gasteiger partial charge in [0.15, 0.2) is 0 Å². The lowest BCUT2D eigenvalue weighted by atomic mass is 9.96. The minimum absolute atomic E-state index is 0.114. The lowest BCUT2D eigenvalue weighted by Gasteiger charge is -2.22. The van der Waals surface area contributed by atoms with E-state index in [9.17, 15) is 13.2 Å². The van der Waals surface area contributed by atoms with E-state index in [1.54, 1.807) is 7.05 Å². The van der Waals surface area contributed by atoms with Gasteiger partial charge in [0.1, 0.15) is 0 Å². The van der Waals surface area contributed by atoms with Crippen LogP contribution in [-0.2, 0) is 6.18 Å². The van der Waals surface area contributed by atoms with Crippen molar-refractivity contribution in [1.82, 2.24) is 10.3 Å². The zero-order valence-electron chi connectivity index (χ0n) is 10.9. The van der Waals surface area contributed by atoms with Gasteiger partial charge in [-0.1, -0.05) is 15.9 Å². The smallest absolute Gasteiger partial charge is 0.309 e. The maximum atomic E-state index is 13.2. The molecule has 2 nitrogen and oxygen atoms in total. The molecule has 1 aromatic heterocycles. The first kappa shape index (κ1) is 16.7. The second kappa shape index (κ2) is 6.62. The van der Waals surface area contributed by atoms with Gasteiger partial charge in [-0.05, 0) is 59.5 Å². The molecular weight excluding hydrogens is 460 g/mol. The second-order valence-electron chi connectivity index (χ2n) is 4.35. The van der Waals surface area contributed by atoms with Gasteiger partial charge in [0, 0.05) is 26.0 Å². The molecule has 0 saturated heterocycles. The first-order chi connectivity index (χ1) is 9.84. The van der Waals surface area contributed by atoms with Crippen LogP contribution in [0.25, 0.3) is 0 Å². The van der Waals surface area contributed by atoms with Gasteiger partial charge in [-0.25, -0.2) is 0 Å². The number of hydrogen-bond acceptors (Lipinski definition) is 2. The van der Waals surface area contributed by atoms with Gasteiger partial charge in [-0.15, -0.1) is 0 Å². The average Bonchev–Trinajstić information content (AvgIpc) is 2.43. The summed E-state index contributed by atoms with van der Waals surface area (Å²) in [5.41, 5.74) is 0.210. The van der Waals surface area contributed by atoms with Gasteiger partial charge in [-0.2, -0.15) is 13.2 Å². The van der Waals surface area contributed by atoms with Crippen molar-refractivity contribution in [2.24, 2.45) is 0 Å². The maximum Gasteiger partial charge on any atom is 0.416 e. The van der Waals surface area contributed by atoms with E-state index < -0.39 is 17.8 Å². The van der Waals surface area contributed by atoms with Crippen molar-refractivity contribution in [2.75, 3.05) is 7.05 Å². The van der Waals surface area contributed by atoms with E-state index >= 15 is 0 Å². The lowest BCUT2D eigenvalue weighted by molar-refractivity contribution is -0.138. The average molecular weight is 471 g/mol. The largest absolute Gasteiger partial charge is 0.416 e. The Morgan fingerprint density at radius 3 is 2.57 bits per heavy atom. The summed E-state index contributed by atoms with van der Waals surface area (Å²) in [5.74, 6) is 0. The van der Waals surface area contributed by atoms with Crippen LogP contribution < -0.4 is 5.32 Å². The van der Waals surface area contributed by atoms with Gasteiger partial charge in [0.05, 0.1) is 11.6 Å². The second-order valence-corrected chi connectivity index (χ2v) is 6.43. The quantitative estimate of drug-likeness (QED) is 0.653. The molecule has 1 unspecified atom stereocenters. The summed E-state index contributed by atoms with van der Waals surface area (Å²) in [4.78, 5) is 3.85. The molecule has 0 aliphatic rings. The van der Waals surface area contributed by atoms with Crippen molar-refractivity contribution in [3.63, 3.8) is 0 Å². The minimum atomic E-state index is -4.41. The third-order valence-corrected chi connectivity index (χ3v) is 4.50. The zero-order valence-corrected chi connectivity index (χ0v) is 14.6. The lowest BCUT2D eigenvalue weighted by Crippen LogP contribution is -2.23. The van der Waals surface area contributed by atoms with Crippen LogP contribution in [-0.4, -0.2) is 12.0 Å². The fourth-order valence-electron chi connectivity index (χ4n) is 2.11. The number of rotatable bonds is 3. The third kappa shape index (κ3) is 3.75. The molecule has 0 amide bonds. The number of nitrogens with one attached hydrogen (secondary N) is 1. The molecule has 112 valence electrons. The summed E-state index contributed by atoms with van der Waals surface area (Å²) in [6.45, 7) is 0. The van der Waals surface area contributed by atoms with Crippen molar-refractivity contribution >= 4 is 38.5 Å². The molecule has 1 atom stereocenters. The van der Waals surface area contributed by atoms with Gasteiger partial charge < -0.3 is 5.32 Å². The van der Waals surface area contributed by atoms with Crippen molar-refractivity contribution in [3.8, 4) is 0 Å². The molecule has 0 saturated carbocycles. The molecule has 0 fully saturated rings. The Morgan fingerprint density at radius 2 is 1.95 bits per heavy atom. The van der Waals surface area contributed by atoms with Crippen molar-refractivity contribution < 1.29 is 13.2 Å². The number of aromatic nitrogens is 1. The summed E-state index contributed by atoms with van der Waals surface area (Å²) in [6.07, 6.45) is -1.99. The maximum absolute atomic E-state index is 13.2. The Bertz CT molecular complexity index is 646. The summed E-state index contributed by atoms with van der Waals surface area (Å²) >= 11 is 5.47. The number of halogens is 5. The van der Waals surface area contributed by atoms with Gasteiger partial charge in [0.2, 0.25) is 0 Å². The Labute approximate surface area is 142 Å². The van der Waals surface area contributed by atoms with Gasteiger partial charge in [-0.3, -0.25) is 4.98 Å². The molecule has 2 aromatic rings. The van der Waals surface area contributed by atoms with E-state index in [4.69, 9.17) is 0 Å². The zero-order chi connectivity index (χ0) is 15.6. The Kier molecular flexibility index (Phi) is 5.26. The topological polar surface area (TPSA) is 24.9 Å². The van der Waals surface area contributed by atoms with Crippen LogP contribution in [0.1, 0.15) is 22.7 Å². The van der Waals surface area contributed by atoms with Crippen LogP contribution in [0.4, 0.5) is 13.2 Å². The summed E-state index contributed by atoms with van der Waals surface area (Å²) < 4.78 is 41.2. The fraction of sp³-hybridized carbons (Fsp3) is 0.214. The summed E-state index contributed by atoms with van der Waals surface area (Å²) in [6, 6.07) is 5.94. The van der Waals surface area contributed by atoms with E-state index in [1.165, 1.54) is 6.20 Å². The number of hydrogen-bond donors (Lipinski definition) is 1. The van der Waals surface area contributed by atoms with Crippen LogP contribution in [0, 0.1) is 3.57 Å². The Hall–Kier alpha value is -0.670. The molecular formula is C14H11BrF3IN2. The van der Waals surface area contributed by atoms with Gasteiger partial charge >= 0.3 is 6.18 Å². The fourth-order valence-corrected chi connectivity index (χ4v) is 3.13. The molecule has 21 heavy (non-hydrogen) atoms. The predicted molar refractivity (Wildman–Crippen MR) is 87.0 cm³/mol. The normalized spacial score (nSPS) is 13.2. The highest BCUT2D eigenvalue weighted by Gasteiger charge is 2.35.